The highest BCUT2D eigenvalue weighted by atomic mass is 32.2. The van der Waals surface area contributed by atoms with Gasteiger partial charge in [-0.25, -0.2) is 4.79 Å². The SMILES string of the molecule is NC(=O)CCSCc1ccccc1.O=C(O)c1cnccc1C(F)(F)F. The van der Waals surface area contributed by atoms with Gasteiger partial charge >= 0.3 is 12.1 Å². The molecule has 26 heavy (non-hydrogen) atoms. The van der Waals surface area contributed by atoms with Crippen LogP contribution in [0, 0.1) is 0 Å². The minimum Gasteiger partial charge on any atom is -0.478 e. The maximum absolute atomic E-state index is 12.1. The van der Waals surface area contributed by atoms with Gasteiger partial charge in [0.05, 0.1) is 11.1 Å². The van der Waals surface area contributed by atoms with Gasteiger partial charge in [-0.1, -0.05) is 30.3 Å². The summed E-state index contributed by atoms with van der Waals surface area (Å²) in [5, 5.41) is 8.39. The van der Waals surface area contributed by atoms with E-state index in [-0.39, 0.29) is 5.91 Å². The van der Waals surface area contributed by atoms with Crippen LogP contribution >= 0.6 is 11.8 Å². The fourth-order valence-electron chi connectivity index (χ4n) is 1.75. The van der Waals surface area contributed by atoms with Gasteiger partial charge in [-0.05, 0) is 11.6 Å². The largest absolute Gasteiger partial charge is 0.478 e. The first-order chi connectivity index (χ1) is 12.2. The van der Waals surface area contributed by atoms with Crippen molar-refractivity contribution in [3.63, 3.8) is 0 Å². The topological polar surface area (TPSA) is 93.3 Å². The first kappa shape index (κ1) is 21.5. The van der Waals surface area contributed by atoms with E-state index in [1.165, 1.54) is 5.56 Å². The lowest BCUT2D eigenvalue weighted by Gasteiger charge is -2.08. The molecule has 0 radical (unpaired) electrons. The Kier molecular flexibility index (Phi) is 8.63. The number of thioether (sulfide) groups is 1. The van der Waals surface area contributed by atoms with E-state index in [1.54, 1.807) is 11.8 Å². The third-order valence-corrected chi connectivity index (χ3v) is 3.99. The summed E-state index contributed by atoms with van der Waals surface area (Å²) in [7, 11) is 0. The second-order valence-corrected chi connectivity index (χ2v) is 6.08. The molecule has 2 rings (SSSR count). The van der Waals surface area contributed by atoms with Gasteiger partial charge in [-0.15, -0.1) is 0 Å². The van der Waals surface area contributed by atoms with E-state index in [0.717, 1.165) is 17.7 Å². The van der Waals surface area contributed by atoms with Gasteiger partial charge in [0.2, 0.25) is 5.91 Å². The lowest BCUT2D eigenvalue weighted by atomic mass is 10.1. The lowest BCUT2D eigenvalue weighted by Crippen LogP contribution is -2.12. The molecule has 0 aliphatic heterocycles. The smallest absolute Gasteiger partial charge is 0.417 e. The van der Waals surface area contributed by atoms with E-state index in [9.17, 15) is 22.8 Å². The van der Waals surface area contributed by atoms with Gasteiger partial charge in [-0.2, -0.15) is 24.9 Å². The van der Waals surface area contributed by atoms with Crippen molar-refractivity contribution in [2.24, 2.45) is 5.73 Å². The Morgan fingerprint density at radius 3 is 2.31 bits per heavy atom. The van der Waals surface area contributed by atoms with E-state index in [0.29, 0.717) is 18.7 Å². The number of carbonyl (C=O) groups excluding carboxylic acids is 1. The highest BCUT2D eigenvalue weighted by Gasteiger charge is 2.35. The summed E-state index contributed by atoms with van der Waals surface area (Å²) < 4.78 is 36.4. The molecule has 0 aliphatic rings. The van der Waals surface area contributed by atoms with Crippen molar-refractivity contribution in [1.29, 1.82) is 0 Å². The molecule has 0 unspecified atom stereocenters. The molecule has 2 aromatic rings. The highest BCUT2D eigenvalue weighted by molar-refractivity contribution is 7.98. The van der Waals surface area contributed by atoms with Crippen LogP contribution in [0.3, 0.4) is 0 Å². The summed E-state index contributed by atoms with van der Waals surface area (Å²) in [6, 6.07) is 10.8. The van der Waals surface area contributed by atoms with Crippen molar-refractivity contribution >= 4 is 23.6 Å². The Morgan fingerprint density at radius 1 is 1.15 bits per heavy atom. The summed E-state index contributed by atoms with van der Waals surface area (Å²) in [5.74, 6) is -0.0979. The average molecular weight is 386 g/mol. The number of rotatable bonds is 6. The number of hydrogen-bond acceptors (Lipinski definition) is 4. The average Bonchev–Trinajstić information content (AvgIpc) is 2.59. The van der Waals surface area contributed by atoms with Crippen molar-refractivity contribution in [2.45, 2.75) is 18.3 Å². The van der Waals surface area contributed by atoms with Gasteiger partial charge in [0.25, 0.3) is 0 Å². The van der Waals surface area contributed by atoms with E-state index >= 15 is 0 Å². The number of alkyl halides is 3. The van der Waals surface area contributed by atoms with Crippen LogP contribution in [0.15, 0.2) is 48.8 Å². The molecule has 1 aromatic heterocycles. The van der Waals surface area contributed by atoms with E-state index in [4.69, 9.17) is 10.8 Å². The molecule has 3 N–H and O–H groups in total. The Bertz CT molecular complexity index is 725. The van der Waals surface area contributed by atoms with Crippen molar-refractivity contribution in [3.05, 3.63) is 65.5 Å². The van der Waals surface area contributed by atoms with Crippen LogP contribution in [0.2, 0.25) is 0 Å². The van der Waals surface area contributed by atoms with Gasteiger partial charge in [0.1, 0.15) is 0 Å². The number of nitrogens with zero attached hydrogens (tertiary/aromatic N) is 1. The van der Waals surface area contributed by atoms with Gasteiger partial charge < -0.3 is 10.8 Å². The Morgan fingerprint density at radius 2 is 1.81 bits per heavy atom. The highest BCUT2D eigenvalue weighted by Crippen LogP contribution is 2.31. The number of aromatic nitrogens is 1. The van der Waals surface area contributed by atoms with Crippen LogP contribution in [-0.2, 0) is 16.7 Å². The minimum absolute atomic E-state index is 0.222. The molecule has 1 aromatic carbocycles. The maximum atomic E-state index is 12.1. The number of amides is 1. The summed E-state index contributed by atoms with van der Waals surface area (Å²) in [5.41, 5.74) is 4.29. The van der Waals surface area contributed by atoms with Gasteiger partial charge in [0, 0.05) is 30.3 Å². The Hall–Kier alpha value is -2.55. The number of carboxylic acids is 1. The van der Waals surface area contributed by atoms with Crippen molar-refractivity contribution in [2.75, 3.05) is 5.75 Å². The normalized spacial score (nSPS) is 10.6. The van der Waals surface area contributed by atoms with E-state index in [1.807, 2.05) is 18.2 Å². The fourth-order valence-corrected chi connectivity index (χ4v) is 2.67. The maximum Gasteiger partial charge on any atom is 0.417 e. The number of halogens is 3. The Balaban J connectivity index is 0.000000260. The second kappa shape index (κ2) is 10.4. The Labute approximate surface area is 152 Å². The van der Waals surface area contributed by atoms with Crippen LogP contribution in [0.25, 0.3) is 0 Å². The molecule has 0 aliphatic carbocycles. The number of nitrogens with two attached hydrogens (primary N) is 1. The molecule has 1 heterocycles. The molecule has 0 atom stereocenters. The second-order valence-electron chi connectivity index (χ2n) is 4.98. The number of carboxylic acid groups (broad SMARTS) is 1. The van der Waals surface area contributed by atoms with Crippen LogP contribution in [0.4, 0.5) is 13.2 Å². The number of primary amides is 1. The zero-order valence-electron chi connectivity index (χ0n) is 13.6. The monoisotopic (exact) mass is 386 g/mol. The number of pyridine rings is 1. The molecule has 9 heteroatoms. The minimum atomic E-state index is -4.66. The van der Waals surface area contributed by atoms with Crippen LogP contribution in [-0.4, -0.2) is 27.7 Å². The first-order valence-electron chi connectivity index (χ1n) is 7.36. The summed E-state index contributed by atoms with van der Waals surface area (Å²) in [4.78, 5) is 24.0. The summed E-state index contributed by atoms with van der Waals surface area (Å²) in [6.45, 7) is 0. The molecule has 1 amide bonds. The predicted molar refractivity (Wildman–Crippen MR) is 92.6 cm³/mol. The fraction of sp³-hybridized carbons (Fsp3) is 0.235. The molecule has 0 spiro atoms. The molecule has 0 fully saturated rings. The third-order valence-electron chi connectivity index (χ3n) is 2.96. The van der Waals surface area contributed by atoms with Crippen LogP contribution in [0.1, 0.15) is 27.9 Å². The van der Waals surface area contributed by atoms with Crippen LogP contribution < -0.4 is 5.73 Å². The molecule has 5 nitrogen and oxygen atoms in total. The standard InChI is InChI=1S/C10H13NOS.C7H4F3NO2/c11-10(12)6-7-13-8-9-4-2-1-3-5-9;8-7(9,10)5-1-2-11-3-4(5)6(12)13/h1-5H,6-8H2,(H2,11,12);1-3H,(H,12,13). The van der Waals surface area contributed by atoms with Crippen molar-refractivity contribution in [3.8, 4) is 0 Å². The molecule has 0 saturated carbocycles. The molecule has 140 valence electrons. The molecule has 0 bridgehead atoms. The number of hydrogen-bond donors (Lipinski definition) is 2. The lowest BCUT2D eigenvalue weighted by molar-refractivity contribution is -0.138. The molecular weight excluding hydrogens is 369 g/mol. The molecule has 0 saturated heterocycles. The summed E-state index contributed by atoms with van der Waals surface area (Å²) in [6.07, 6.45) is -2.62. The van der Waals surface area contributed by atoms with Crippen molar-refractivity contribution in [1.82, 2.24) is 4.98 Å². The predicted octanol–water partition coefficient (Wildman–Crippen LogP) is 3.59. The first-order valence-corrected chi connectivity index (χ1v) is 8.51. The van der Waals surface area contributed by atoms with Gasteiger partial charge in [0.15, 0.2) is 0 Å². The van der Waals surface area contributed by atoms with Gasteiger partial charge in [-0.3, -0.25) is 9.78 Å². The number of aromatic carboxylic acids is 1. The van der Waals surface area contributed by atoms with E-state index < -0.39 is 23.3 Å². The third kappa shape index (κ3) is 8.02. The van der Waals surface area contributed by atoms with Crippen molar-refractivity contribution < 1.29 is 27.9 Å². The van der Waals surface area contributed by atoms with E-state index in [2.05, 4.69) is 17.1 Å². The quantitative estimate of drug-likeness (QED) is 0.740. The number of benzene rings is 1. The van der Waals surface area contributed by atoms with Crippen LogP contribution in [0.5, 0.6) is 0 Å². The number of carbonyl (C=O) groups is 2. The molecular formula is C17H17F3N2O3S. The zero-order valence-corrected chi connectivity index (χ0v) is 14.4. The summed E-state index contributed by atoms with van der Waals surface area (Å²) >= 11 is 1.73. The zero-order chi connectivity index (χ0) is 19.6.